The Labute approximate surface area is 141 Å². The van der Waals surface area contributed by atoms with E-state index in [0.29, 0.717) is 17.3 Å². The minimum absolute atomic E-state index is 0.0708. The Hall–Kier alpha value is -2.50. The molecule has 0 N–H and O–H groups in total. The van der Waals surface area contributed by atoms with Crippen LogP contribution in [0, 0.1) is 0 Å². The lowest BCUT2D eigenvalue weighted by atomic mass is 10.0. The Balaban J connectivity index is 1.61. The fraction of sp³-hybridized carbons (Fsp3) is 0.444. The van der Waals surface area contributed by atoms with Gasteiger partial charge >= 0.3 is 0 Å². The first-order chi connectivity index (χ1) is 11.7. The van der Waals surface area contributed by atoms with Crippen LogP contribution in [0.1, 0.15) is 42.6 Å². The normalized spacial score (nSPS) is 17.6. The molecule has 24 heavy (non-hydrogen) atoms. The zero-order valence-corrected chi connectivity index (χ0v) is 14.0. The minimum atomic E-state index is -0.0708. The van der Waals surface area contributed by atoms with E-state index in [2.05, 4.69) is 11.9 Å². The molecule has 0 unspecified atom stereocenters. The van der Waals surface area contributed by atoms with Gasteiger partial charge in [-0.1, -0.05) is 6.07 Å². The summed E-state index contributed by atoms with van der Waals surface area (Å²) in [7, 11) is 1.60. The summed E-state index contributed by atoms with van der Waals surface area (Å²) in [5, 5.41) is 0. The maximum atomic E-state index is 12.5. The third kappa shape index (κ3) is 3.69. The first kappa shape index (κ1) is 16.4. The fourth-order valence-electron chi connectivity index (χ4n) is 2.86. The molecule has 1 aromatic heterocycles. The number of amides is 1. The van der Waals surface area contributed by atoms with Gasteiger partial charge in [0.1, 0.15) is 17.8 Å². The lowest BCUT2D eigenvalue weighted by Crippen LogP contribution is -2.42. The number of benzene rings is 1. The second-order valence-electron chi connectivity index (χ2n) is 5.94. The topological polar surface area (TPSA) is 64.8 Å². The predicted octanol–water partition coefficient (Wildman–Crippen LogP) is 3.28. The van der Waals surface area contributed by atoms with Gasteiger partial charge in [0.05, 0.1) is 7.11 Å². The number of carbonyl (C=O) groups is 1. The van der Waals surface area contributed by atoms with Crippen molar-refractivity contribution in [1.82, 2.24) is 9.88 Å². The van der Waals surface area contributed by atoms with Crippen LogP contribution < -0.4 is 9.47 Å². The van der Waals surface area contributed by atoms with Crippen molar-refractivity contribution in [2.45, 2.75) is 38.8 Å². The quantitative estimate of drug-likeness (QED) is 0.842. The number of hydrogen-bond acceptors (Lipinski definition) is 5. The number of methoxy groups -OCH3 is 1. The molecule has 1 fully saturated rings. The molecule has 6 heteroatoms. The first-order valence-electron chi connectivity index (χ1n) is 8.19. The predicted molar refractivity (Wildman–Crippen MR) is 88.2 cm³/mol. The molecular formula is C18H22N2O4. The number of hydrogen-bond donors (Lipinski definition) is 0. The number of nitrogens with zero attached hydrogens (tertiary/aromatic N) is 2. The molecule has 1 amide bonds. The summed E-state index contributed by atoms with van der Waals surface area (Å²) >= 11 is 0. The largest absolute Gasteiger partial charge is 0.497 e. The van der Waals surface area contributed by atoms with Crippen LogP contribution in [0.3, 0.4) is 0 Å². The van der Waals surface area contributed by atoms with Crippen molar-refractivity contribution >= 4 is 5.91 Å². The van der Waals surface area contributed by atoms with Crippen LogP contribution >= 0.6 is 0 Å². The number of aromatic nitrogens is 1. The highest BCUT2D eigenvalue weighted by molar-refractivity contribution is 5.92. The molecule has 1 aliphatic rings. The van der Waals surface area contributed by atoms with Gasteiger partial charge in [0, 0.05) is 18.7 Å². The molecule has 1 aliphatic heterocycles. The molecule has 128 valence electrons. The highest BCUT2D eigenvalue weighted by Crippen LogP contribution is 2.21. The first-order valence-corrected chi connectivity index (χ1v) is 8.19. The Morgan fingerprint density at radius 3 is 3.00 bits per heavy atom. The molecule has 0 radical (unpaired) electrons. The average molecular weight is 330 g/mol. The van der Waals surface area contributed by atoms with Crippen molar-refractivity contribution in [2.24, 2.45) is 0 Å². The van der Waals surface area contributed by atoms with E-state index in [1.54, 1.807) is 13.2 Å². The number of piperidine rings is 1. The van der Waals surface area contributed by atoms with Crippen molar-refractivity contribution in [3.8, 4) is 11.5 Å². The lowest BCUT2D eigenvalue weighted by molar-refractivity contribution is 0.0629. The third-order valence-electron chi connectivity index (χ3n) is 4.24. The van der Waals surface area contributed by atoms with Gasteiger partial charge in [-0.25, -0.2) is 4.98 Å². The van der Waals surface area contributed by atoms with Crippen LogP contribution in [-0.2, 0) is 6.61 Å². The van der Waals surface area contributed by atoms with Gasteiger partial charge < -0.3 is 18.8 Å². The maximum absolute atomic E-state index is 12.5. The van der Waals surface area contributed by atoms with Crippen LogP contribution in [0.5, 0.6) is 11.5 Å². The van der Waals surface area contributed by atoms with Crippen molar-refractivity contribution < 1.29 is 18.7 Å². The summed E-state index contributed by atoms with van der Waals surface area (Å²) in [4.78, 5) is 18.7. The van der Waals surface area contributed by atoms with E-state index in [-0.39, 0.29) is 18.6 Å². The second kappa shape index (κ2) is 7.38. The summed E-state index contributed by atoms with van der Waals surface area (Å²) in [6, 6.07) is 7.54. The van der Waals surface area contributed by atoms with Crippen LogP contribution in [-0.4, -0.2) is 35.5 Å². The van der Waals surface area contributed by atoms with E-state index < -0.39 is 0 Å². The van der Waals surface area contributed by atoms with E-state index in [0.717, 1.165) is 25.1 Å². The number of carbonyl (C=O) groups excluding carboxylic acids is 1. The number of likely N-dealkylation sites (tertiary alicyclic amines) is 1. The molecular weight excluding hydrogens is 308 g/mol. The SMILES string of the molecule is COc1cccc(OCc2nc(C(=O)N3CCCC[C@H]3C)co2)c1. The number of oxazole rings is 1. The molecule has 6 nitrogen and oxygen atoms in total. The second-order valence-corrected chi connectivity index (χ2v) is 5.94. The van der Waals surface area contributed by atoms with Crippen LogP contribution in [0.4, 0.5) is 0 Å². The molecule has 0 bridgehead atoms. The summed E-state index contributed by atoms with van der Waals surface area (Å²) in [6.07, 6.45) is 4.66. The van der Waals surface area contributed by atoms with E-state index in [1.807, 2.05) is 23.1 Å². The number of ether oxygens (including phenoxy) is 2. The Bertz CT molecular complexity index is 698. The monoisotopic (exact) mass is 330 g/mol. The van der Waals surface area contributed by atoms with Gasteiger partial charge in [-0.3, -0.25) is 4.79 Å². The van der Waals surface area contributed by atoms with Crippen LogP contribution in [0.15, 0.2) is 34.9 Å². The van der Waals surface area contributed by atoms with Crippen LogP contribution in [0.25, 0.3) is 0 Å². The summed E-state index contributed by atoms with van der Waals surface area (Å²) in [5.41, 5.74) is 0.341. The molecule has 0 spiro atoms. The van der Waals surface area contributed by atoms with Gasteiger partial charge in [0.2, 0.25) is 5.89 Å². The van der Waals surface area contributed by atoms with Crippen LogP contribution in [0.2, 0.25) is 0 Å². The maximum Gasteiger partial charge on any atom is 0.276 e. The molecule has 2 aromatic rings. The third-order valence-corrected chi connectivity index (χ3v) is 4.24. The van der Waals surface area contributed by atoms with E-state index in [1.165, 1.54) is 12.7 Å². The highest BCUT2D eigenvalue weighted by Gasteiger charge is 2.26. The zero-order valence-electron chi connectivity index (χ0n) is 14.0. The molecule has 0 saturated carbocycles. The van der Waals surface area contributed by atoms with Gasteiger partial charge in [-0.15, -0.1) is 0 Å². The van der Waals surface area contributed by atoms with Crippen molar-refractivity contribution in [3.63, 3.8) is 0 Å². The molecule has 3 rings (SSSR count). The Kier molecular flexibility index (Phi) is 5.03. The van der Waals surface area contributed by atoms with Gasteiger partial charge in [-0.05, 0) is 38.3 Å². The standard InChI is InChI=1S/C18H22N2O4/c1-13-6-3-4-9-20(13)18(21)16-11-24-17(19-16)12-23-15-8-5-7-14(10-15)22-2/h5,7-8,10-11,13H,3-4,6,9,12H2,1-2H3/t13-/m1/s1. The molecule has 1 saturated heterocycles. The molecule has 2 heterocycles. The highest BCUT2D eigenvalue weighted by atomic mass is 16.5. The van der Waals surface area contributed by atoms with Gasteiger partial charge in [-0.2, -0.15) is 0 Å². The zero-order chi connectivity index (χ0) is 16.9. The summed E-state index contributed by atoms with van der Waals surface area (Å²) < 4.78 is 16.2. The van der Waals surface area contributed by atoms with Crippen molar-refractivity contribution in [2.75, 3.05) is 13.7 Å². The number of rotatable bonds is 5. The fourth-order valence-corrected chi connectivity index (χ4v) is 2.86. The summed E-state index contributed by atoms with van der Waals surface area (Å²) in [5.74, 6) is 1.68. The summed E-state index contributed by atoms with van der Waals surface area (Å²) in [6.45, 7) is 3.02. The minimum Gasteiger partial charge on any atom is -0.497 e. The van der Waals surface area contributed by atoms with E-state index in [4.69, 9.17) is 13.9 Å². The lowest BCUT2D eigenvalue weighted by Gasteiger charge is -2.32. The smallest absolute Gasteiger partial charge is 0.276 e. The molecule has 0 aliphatic carbocycles. The van der Waals surface area contributed by atoms with Gasteiger partial charge in [0.25, 0.3) is 5.91 Å². The molecule has 1 aromatic carbocycles. The molecule has 1 atom stereocenters. The Morgan fingerprint density at radius 2 is 2.21 bits per heavy atom. The van der Waals surface area contributed by atoms with E-state index in [9.17, 15) is 4.79 Å². The van der Waals surface area contributed by atoms with Crippen molar-refractivity contribution in [1.29, 1.82) is 0 Å². The van der Waals surface area contributed by atoms with Gasteiger partial charge in [0.15, 0.2) is 12.3 Å². The Morgan fingerprint density at radius 1 is 1.38 bits per heavy atom. The van der Waals surface area contributed by atoms with E-state index >= 15 is 0 Å². The average Bonchev–Trinajstić information content (AvgIpc) is 3.09. The van der Waals surface area contributed by atoms with Crippen molar-refractivity contribution in [3.05, 3.63) is 42.1 Å².